The number of rotatable bonds is 5. The van der Waals surface area contributed by atoms with E-state index < -0.39 is 18.6 Å². The molecule has 4 nitrogen and oxygen atoms in total. The number of hydrogen-bond donors (Lipinski definition) is 1. The van der Waals surface area contributed by atoms with E-state index in [-0.39, 0.29) is 6.54 Å². The molecule has 0 aliphatic rings. The molecule has 98 valence electrons. The Bertz CT molecular complexity index is 359. The van der Waals surface area contributed by atoms with Gasteiger partial charge in [-0.3, -0.25) is 0 Å². The van der Waals surface area contributed by atoms with Crippen LogP contribution in [0.4, 0.5) is 13.2 Å². The highest BCUT2D eigenvalue weighted by Gasteiger charge is 2.39. The lowest BCUT2D eigenvalue weighted by Gasteiger charge is -2.18. The van der Waals surface area contributed by atoms with Gasteiger partial charge in [-0.2, -0.15) is 18.3 Å². The highest BCUT2D eigenvalue weighted by molar-refractivity contribution is 4.93. The van der Waals surface area contributed by atoms with Gasteiger partial charge < -0.3 is 5.73 Å². The van der Waals surface area contributed by atoms with Gasteiger partial charge >= 0.3 is 6.18 Å². The maximum Gasteiger partial charge on any atom is 0.394 e. The number of halogens is 3. The van der Waals surface area contributed by atoms with Gasteiger partial charge in [0.05, 0.1) is 12.5 Å². The van der Waals surface area contributed by atoms with Crippen LogP contribution in [0.25, 0.3) is 0 Å². The van der Waals surface area contributed by atoms with Crippen molar-refractivity contribution in [3.05, 3.63) is 11.6 Å². The second kappa shape index (κ2) is 5.48. The number of aryl methyl sites for hydroxylation is 2. The zero-order chi connectivity index (χ0) is 13.1. The summed E-state index contributed by atoms with van der Waals surface area (Å²) in [5.41, 5.74) is 5.16. The van der Waals surface area contributed by atoms with Gasteiger partial charge in [0.15, 0.2) is 5.82 Å². The van der Waals surface area contributed by atoms with E-state index in [0.29, 0.717) is 24.5 Å². The van der Waals surface area contributed by atoms with Crippen molar-refractivity contribution in [2.75, 3.05) is 6.54 Å². The standard InChI is InChI=1S/C10H17F3N4/c1-3-8-15-9(4-2)17(16-8)6-7(5-14)10(11,12)13/h7H,3-6,14H2,1-2H3. The van der Waals surface area contributed by atoms with Gasteiger partial charge in [0.2, 0.25) is 0 Å². The SMILES string of the molecule is CCc1nc(CC)n(CC(CN)C(F)(F)F)n1. The lowest BCUT2D eigenvalue weighted by molar-refractivity contribution is -0.175. The van der Waals surface area contributed by atoms with Crippen LogP contribution in [-0.4, -0.2) is 27.5 Å². The van der Waals surface area contributed by atoms with E-state index in [0.717, 1.165) is 0 Å². The van der Waals surface area contributed by atoms with Crippen LogP contribution < -0.4 is 5.73 Å². The molecule has 1 heterocycles. The van der Waals surface area contributed by atoms with E-state index in [4.69, 9.17) is 5.73 Å². The first-order valence-corrected chi connectivity index (χ1v) is 5.61. The summed E-state index contributed by atoms with van der Waals surface area (Å²) in [5, 5.41) is 4.05. The molecule has 0 saturated carbocycles. The number of nitrogens with two attached hydrogens (primary N) is 1. The maximum absolute atomic E-state index is 12.6. The summed E-state index contributed by atoms with van der Waals surface area (Å²) in [6, 6.07) is 0. The van der Waals surface area contributed by atoms with Crippen molar-refractivity contribution in [2.24, 2.45) is 11.7 Å². The minimum atomic E-state index is -4.29. The van der Waals surface area contributed by atoms with Crippen LogP contribution in [0.5, 0.6) is 0 Å². The van der Waals surface area contributed by atoms with Crippen molar-refractivity contribution in [1.82, 2.24) is 14.8 Å². The van der Waals surface area contributed by atoms with Crippen LogP contribution in [0.3, 0.4) is 0 Å². The van der Waals surface area contributed by atoms with Crippen molar-refractivity contribution in [1.29, 1.82) is 0 Å². The number of alkyl halides is 3. The molecule has 0 radical (unpaired) electrons. The fourth-order valence-electron chi connectivity index (χ4n) is 1.50. The zero-order valence-corrected chi connectivity index (χ0v) is 9.96. The van der Waals surface area contributed by atoms with Gasteiger partial charge in [0.1, 0.15) is 5.82 Å². The molecule has 1 unspecified atom stereocenters. The summed E-state index contributed by atoms with van der Waals surface area (Å²) in [6.45, 7) is 3.01. The van der Waals surface area contributed by atoms with E-state index in [9.17, 15) is 13.2 Å². The molecule has 0 saturated heterocycles. The average molecular weight is 250 g/mol. The molecule has 0 fully saturated rings. The zero-order valence-electron chi connectivity index (χ0n) is 9.96. The Balaban J connectivity index is 2.89. The fourth-order valence-corrected chi connectivity index (χ4v) is 1.50. The molecule has 0 aromatic carbocycles. The van der Waals surface area contributed by atoms with E-state index in [1.807, 2.05) is 13.8 Å². The first-order chi connectivity index (χ1) is 7.92. The van der Waals surface area contributed by atoms with Crippen LogP contribution in [0.2, 0.25) is 0 Å². The second-order valence-electron chi connectivity index (χ2n) is 3.81. The summed E-state index contributed by atoms with van der Waals surface area (Å²) >= 11 is 0. The van der Waals surface area contributed by atoms with Crippen LogP contribution in [-0.2, 0) is 19.4 Å². The Morgan fingerprint density at radius 3 is 2.35 bits per heavy atom. The van der Waals surface area contributed by atoms with Gasteiger partial charge in [-0.1, -0.05) is 13.8 Å². The number of aromatic nitrogens is 3. The van der Waals surface area contributed by atoms with E-state index >= 15 is 0 Å². The van der Waals surface area contributed by atoms with Crippen molar-refractivity contribution in [3.63, 3.8) is 0 Å². The summed E-state index contributed by atoms with van der Waals surface area (Å²) in [5.74, 6) is -0.427. The molecule has 17 heavy (non-hydrogen) atoms. The Morgan fingerprint density at radius 1 is 1.29 bits per heavy atom. The molecule has 2 N–H and O–H groups in total. The molecule has 0 amide bonds. The monoisotopic (exact) mass is 250 g/mol. The summed E-state index contributed by atoms with van der Waals surface area (Å²) in [4.78, 5) is 4.16. The third-order valence-electron chi connectivity index (χ3n) is 2.57. The normalized spacial score (nSPS) is 14.0. The van der Waals surface area contributed by atoms with Gasteiger partial charge in [0, 0.05) is 19.4 Å². The predicted molar refractivity (Wildman–Crippen MR) is 57.4 cm³/mol. The lowest BCUT2D eigenvalue weighted by atomic mass is 10.1. The third kappa shape index (κ3) is 3.42. The highest BCUT2D eigenvalue weighted by Crippen LogP contribution is 2.26. The van der Waals surface area contributed by atoms with Gasteiger partial charge in [-0.05, 0) is 0 Å². The molecule has 1 rings (SSSR count). The Hall–Kier alpha value is -1.11. The van der Waals surface area contributed by atoms with Gasteiger partial charge in [0.25, 0.3) is 0 Å². The fraction of sp³-hybridized carbons (Fsp3) is 0.800. The van der Waals surface area contributed by atoms with Crippen LogP contribution in [0.1, 0.15) is 25.5 Å². The summed E-state index contributed by atoms with van der Waals surface area (Å²) < 4.78 is 39.1. The first-order valence-electron chi connectivity index (χ1n) is 5.61. The Kier molecular flexibility index (Phi) is 4.50. The molecule has 0 spiro atoms. The largest absolute Gasteiger partial charge is 0.394 e. The lowest BCUT2D eigenvalue weighted by Crippen LogP contribution is -2.34. The first kappa shape index (κ1) is 14.0. The van der Waals surface area contributed by atoms with Crippen LogP contribution in [0.15, 0.2) is 0 Å². The Labute approximate surface area is 98.0 Å². The summed E-state index contributed by atoms with van der Waals surface area (Å²) in [6.07, 6.45) is -3.13. The molecule has 1 aromatic heterocycles. The van der Waals surface area contributed by atoms with Gasteiger partial charge in [-0.25, -0.2) is 9.67 Å². The minimum absolute atomic E-state index is 0.254. The highest BCUT2D eigenvalue weighted by atomic mass is 19.4. The molecule has 0 bridgehead atoms. The average Bonchev–Trinajstić information content (AvgIpc) is 2.66. The van der Waals surface area contributed by atoms with Crippen LogP contribution in [0, 0.1) is 5.92 Å². The third-order valence-corrected chi connectivity index (χ3v) is 2.57. The van der Waals surface area contributed by atoms with E-state index in [1.54, 1.807) is 0 Å². The second-order valence-corrected chi connectivity index (χ2v) is 3.81. The smallest absolute Gasteiger partial charge is 0.330 e. The Morgan fingerprint density at radius 2 is 1.94 bits per heavy atom. The molecular weight excluding hydrogens is 233 g/mol. The van der Waals surface area contributed by atoms with Crippen molar-refractivity contribution in [2.45, 2.75) is 39.4 Å². The van der Waals surface area contributed by atoms with E-state index in [2.05, 4.69) is 10.1 Å². The number of nitrogens with zero attached hydrogens (tertiary/aromatic N) is 3. The molecule has 7 heteroatoms. The van der Waals surface area contributed by atoms with Crippen molar-refractivity contribution >= 4 is 0 Å². The predicted octanol–water partition coefficient (Wildman–Crippen LogP) is 1.54. The van der Waals surface area contributed by atoms with Gasteiger partial charge in [-0.15, -0.1) is 0 Å². The maximum atomic E-state index is 12.6. The molecule has 1 atom stereocenters. The minimum Gasteiger partial charge on any atom is -0.330 e. The summed E-state index contributed by atoms with van der Waals surface area (Å²) in [7, 11) is 0. The topological polar surface area (TPSA) is 56.7 Å². The van der Waals surface area contributed by atoms with Crippen molar-refractivity contribution < 1.29 is 13.2 Å². The van der Waals surface area contributed by atoms with Crippen LogP contribution >= 0.6 is 0 Å². The quantitative estimate of drug-likeness (QED) is 0.862. The molecular formula is C10H17F3N4. The molecule has 0 aliphatic heterocycles. The van der Waals surface area contributed by atoms with Crippen molar-refractivity contribution in [3.8, 4) is 0 Å². The van der Waals surface area contributed by atoms with E-state index in [1.165, 1.54) is 4.68 Å². The number of hydrogen-bond acceptors (Lipinski definition) is 3. The molecule has 0 aliphatic carbocycles. The molecule has 1 aromatic rings.